The summed E-state index contributed by atoms with van der Waals surface area (Å²) in [7, 11) is -4.12. The number of sulfonamides is 1. The molecule has 0 fully saturated rings. The monoisotopic (exact) mass is 475 g/mol. The van der Waals surface area contributed by atoms with Crippen molar-refractivity contribution in [1.82, 2.24) is 9.97 Å². The lowest BCUT2D eigenvalue weighted by Crippen LogP contribution is -2.15. The average molecular weight is 476 g/mol. The highest BCUT2D eigenvalue weighted by Gasteiger charge is 2.22. The third-order valence-electron chi connectivity index (χ3n) is 4.25. The maximum absolute atomic E-state index is 12.9. The first kappa shape index (κ1) is 22.5. The number of carbonyl (C=O) groups excluding carboxylic acids is 1. The number of carbonyl (C=O) groups is 1. The van der Waals surface area contributed by atoms with Crippen LogP contribution in [-0.2, 0) is 14.8 Å². The van der Waals surface area contributed by atoms with Crippen LogP contribution in [0.3, 0.4) is 0 Å². The van der Waals surface area contributed by atoms with Gasteiger partial charge in [0, 0.05) is 24.9 Å². The first-order chi connectivity index (χ1) is 14.6. The van der Waals surface area contributed by atoms with E-state index in [1.807, 2.05) is 6.07 Å². The van der Waals surface area contributed by atoms with Crippen molar-refractivity contribution in [2.75, 3.05) is 10.0 Å². The number of pyridine rings is 2. The summed E-state index contributed by atoms with van der Waals surface area (Å²) in [5.41, 5.74) is 2.06. The van der Waals surface area contributed by atoms with Crippen molar-refractivity contribution >= 4 is 50.6 Å². The molecule has 31 heavy (non-hydrogen) atoms. The lowest BCUT2D eigenvalue weighted by Gasteiger charge is -2.16. The van der Waals surface area contributed by atoms with Crippen molar-refractivity contribution in [3.63, 3.8) is 0 Å². The lowest BCUT2D eigenvalue weighted by molar-refractivity contribution is -0.114. The molecule has 8 nitrogen and oxygen atoms in total. The van der Waals surface area contributed by atoms with Crippen LogP contribution in [0.4, 0.5) is 11.5 Å². The molecule has 0 saturated heterocycles. The van der Waals surface area contributed by atoms with Gasteiger partial charge in [-0.3, -0.25) is 9.52 Å². The predicted molar refractivity (Wildman–Crippen MR) is 118 cm³/mol. The molecule has 0 unspecified atom stereocenters. The lowest BCUT2D eigenvalue weighted by atomic mass is 10.0. The van der Waals surface area contributed by atoms with Gasteiger partial charge in [-0.25, -0.2) is 18.4 Å². The fourth-order valence-electron chi connectivity index (χ4n) is 2.81. The molecular formula is C20H15Cl2N5O3S. The van der Waals surface area contributed by atoms with Gasteiger partial charge in [0.25, 0.3) is 10.0 Å². The van der Waals surface area contributed by atoms with E-state index in [1.54, 1.807) is 19.1 Å². The topological polar surface area (TPSA) is 125 Å². The number of aromatic nitrogens is 2. The number of nitriles is 1. The minimum Gasteiger partial charge on any atom is -0.311 e. The highest BCUT2D eigenvalue weighted by molar-refractivity contribution is 7.92. The van der Waals surface area contributed by atoms with E-state index >= 15 is 0 Å². The number of halogens is 2. The molecule has 0 aliphatic rings. The quantitative estimate of drug-likeness (QED) is 0.527. The third-order valence-corrected chi connectivity index (χ3v) is 6.37. The Labute approximate surface area is 188 Å². The van der Waals surface area contributed by atoms with Crippen molar-refractivity contribution in [3.8, 4) is 17.2 Å². The molecule has 2 aromatic heterocycles. The Kier molecular flexibility index (Phi) is 6.45. The zero-order chi connectivity index (χ0) is 22.8. The molecule has 3 rings (SSSR count). The summed E-state index contributed by atoms with van der Waals surface area (Å²) in [4.78, 5) is 19.3. The highest BCUT2D eigenvalue weighted by Crippen LogP contribution is 2.35. The van der Waals surface area contributed by atoms with Gasteiger partial charge in [0.2, 0.25) is 5.91 Å². The number of nitrogens with one attached hydrogen (secondary N) is 2. The molecule has 0 aliphatic carbocycles. The number of hydrogen-bond acceptors (Lipinski definition) is 6. The van der Waals surface area contributed by atoms with Crippen LogP contribution >= 0.6 is 23.2 Å². The number of nitrogens with zero attached hydrogens (tertiary/aromatic N) is 3. The summed E-state index contributed by atoms with van der Waals surface area (Å²) in [6.45, 7) is 3.05. The van der Waals surface area contributed by atoms with Gasteiger partial charge in [0.15, 0.2) is 5.15 Å². The van der Waals surface area contributed by atoms with Crippen molar-refractivity contribution < 1.29 is 13.2 Å². The Bertz CT molecular complexity index is 1340. The molecule has 0 spiro atoms. The number of amides is 1. The second-order valence-electron chi connectivity index (χ2n) is 6.44. The number of hydrogen-bond donors (Lipinski definition) is 2. The normalized spacial score (nSPS) is 10.9. The maximum Gasteiger partial charge on any atom is 0.263 e. The van der Waals surface area contributed by atoms with Crippen molar-refractivity contribution in [1.29, 1.82) is 5.26 Å². The van der Waals surface area contributed by atoms with Gasteiger partial charge in [-0.2, -0.15) is 5.26 Å². The Morgan fingerprint density at radius 3 is 2.55 bits per heavy atom. The molecule has 0 radical (unpaired) electrons. The second kappa shape index (κ2) is 8.89. The molecule has 0 atom stereocenters. The van der Waals surface area contributed by atoms with Gasteiger partial charge in [-0.1, -0.05) is 23.2 Å². The van der Waals surface area contributed by atoms with Crippen LogP contribution in [-0.4, -0.2) is 24.3 Å². The van der Waals surface area contributed by atoms with Crippen LogP contribution in [0.15, 0.2) is 47.6 Å². The summed E-state index contributed by atoms with van der Waals surface area (Å²) < 4.78 is 28.3. The number of benzene rings is 1. The summed E-state index contributed by atoms with van der Waals surface area (Å²) in [6, 6.07) is 9.08. The molecule has 0 aliphatic heterocycles. The standard InChI is InChI=1S/C20H15Cl2N5O3S/c1-11-15(14-5-6-24-18(8-14)26-12(2)28)10-25-20(22)19(11)27-31(29,30)17-4-3-13(9-23)7-16(17)21/h3-8,10,27H,1-2H3,(H,24,26,28). The van der Waals surface area contributed by atoms with E-state index in [1.165, 1.54) is 37.5 Å². The summed E-state index contributed by atoms with van der Waals surface area (Å²) in [5.74, 6) is 0.0641. The molecule has 1 amide bonds. The molecule has 3 aromatic rings. The van der Waals surface area contributed by atoms with Crippen molar-refractivity contribution in [3.05, 3.63) is 64.0 Å². The van der Waals surface area contributed by atoms with E-state index < -0.39 is 10.0 Å². The van der Waals surface area contributed by atoms with Gasteiger partial charge in [-0.15, -0.1) is 0 Å². The Balaban J connectivity index is 2.04. The fraction of sp³-hybridized carbons (Fsp3) is 0.100. The predicted octanol–water partition coefficient (Wildman–Crippen LogP) is 4.39. The zero-order valence-corrected chi connectivity index (χ0v) is 18.6. The van der Waals surface area contributed by atoms with Crippen molar-refractivity contribution in [2.45, 2.75) is 18.7 Å². The van der Waals surface area contributed by atoms with E-state index in [4.69, 9.17) is 28.5 Å². The van der Waals surface area contributed by atoms with E-state index in [0.717, 1.165) is 0 Å². The molecule has 0 bridgehead atoms. The van der Waals surface area contributed by atoms with Crippen LogP contribution in [0.2, 0.25) is 10.2 Å². The molecule has 158 valence electrons. The largest absolute Gasteiger partial charge is 0.311 e. The van der Waals surface area contributed by atoms with E-state index in [9.17, 15) is 13.2 Å². The summed E-state index contributed by atoms with van der Waals surface area (Å²) in [6.07, 6.45) is 3.01. The Morgan fingerprint density at radius 1 is 1.16 bits per heavy atom. The maximum atomic E-state index is 12.9. The minimum atomic E-state index is -4.12. The van der Waals surface area contributed by atoms with Gasteiger partial charge >= 0.3 is 0 Å². The molecule has 11 heteroatoms. The number of anilines is 2. The van der Waals surface area contributed by atoms with Gasteiger partial charge < -0.3 is 5.32 Å². The van der Waals surface area contributed by atoms with E-state index in [0.29, 0.717) is 22.5 Å². The van der Waals surface area contributed by atoms with Crippen LogP contribution < -0.4 is 10.0 Å². The minimum absolute atomic E-state index is 0.0502. The first-order valence-corrected chi connectivity index (χ1v) is 11.0. The molecule has 2 heterocycles. The smallest absolute Gasteiger partial charge is 0.263 e. The van der Waals surface area contributed by atoms with E-state index in [2.05, 4.69) is 20.0 Å². The Hall–Kier alpha value is -3.19. The fourth-order valence-corrected chi connectivity index (χ4v) is 4.78. The van der Waals surface area contributed by atoms with Crippen LogP contribution in [0, 0.1) is 18.3 Å². The summed E-state index contributed by atoms with van der Waals surface area (Å²) >= 11 is 12.3. The number of rotatable bonds is 5. The Morgan fingerprint density at radius 2 is 1.90 bits per heavy atom. The molecule has 2 N–H and O–H groups in total. The average Bonchev–Trinajstić information content (AvgIpc) is 2.70. The van der Waals surface area contributed by atoms with Crippen molar-refractivity contribution in [2.24, 2.45) is 0 Å². The van der Waals surface area contributed by atoms with Crippen LogP contribution in [0.5, 0.6) is 0 Å². The zero-order valence-electron chi connectivity index (χ0n) is 16.3. The third kappa shape index (κ3) is 4.94. The molecule has 0 saturated carbocycles. The van der Waals surface area contributed by atoms with Gasteiger partial charge in [-0.05, 0) is 48.4 Å². The van der Waals surface area contributed by atoms with Gasteiger partial charge in [0.1, 0.15) is 10.7 Å². The second-order valence-corrected chi connectivity index (χ2v) is 8.85. The molecular weight excluding hydrogens is 461 g/mol. The van der Waals surface area contributed by atoms with E-state index in [-0.39, 0.29) is 32.2 Å². The van der Waals surface area contributed by atoms with Crippen LogP contribution in [0.25, 0.3) is 11.1 Å². The highest BCUT2D eigenvalue weighted by atomic mass is 35.5. The first-order valence-electron chi connectivity index (χ1n) is 8.74. The SMILES string of the molecule is CC(=O)Nc1cc(-c2cnc(Cl)c(NS(=O)(=O)c3ccc(C#N)cc3Cl)c2C)ccn1. The summed E-state index contributed by atoms with van der Waals surface area (Å²) in [5, 5.41) is 11.4. The van der Waals surface area contributed by atoms with Crippen LogP contribution in [0.1, 0.15) is 18.1 Å². The molecule has 1 aromatic carbocycles. The van der Waals surface area contributed by atoms with Gasteiger partial charge in [0.05, 0.1) is 22.3 Å².